The standard InChI is InChI=1S/C32H36ClF3N2O6S2/c1-20(38(29-18-24(35)11-15-27(29)36)46(41,42)25-12-8-22(33)9-13-25)26-14-10-23(34)17-21(26)7-6-16-45-19-28(30(39)43-5)37-31(40)44-32(2,3)4/h8-15,17-18,20,28H,6-7,16,19H2,1-5H3,(H,37,40)/t20-,28+/m1/s1. The number of sulfonamides is 1. The lowest BCUT2D eigenvalue weighted by Gasteiger charge is -2.32. The highest BCUT2D eigenvalue weighted by molar-refractivity contribution is 7.99. The minimum absolute atomic E-state index is 0.171. The Bertz CT molecular complexity index is 1640. The van der Waals surface area contributed by atoms with Crippen LogP contribution in [0.5, 0.6) is 0 Å². The molecule has 14 heteroatoms. The van der Waals surface area contributed by atoms with Crippen LogP contribution in [-0.2, 0) is 30.7 Å². The van der Waals surface area contributed by atoms with E-state index in [1.807, 2.05) is 0 Å². The second-order valence-corrected chi connectivity index (χ2v) is 14.7. The zero-order chi connectivity index (χ0) is 34.2. The maximum Gasteiger partial charge on any atom is 0.408 e. The van der Waals surface area contributed by atoms with E-state index in [9.17, 15) is 26.8 Å². The van der Waals surface area contributed by atoms with Crippen molar-refractivity contribution in [2.75, 3.05) is 22.9 Å². The normalized spacial score (nSPS) is 13.1. The molecule has 8 nitrogen and oxygen atoms in total. The second kappa shape index (κ2) is 15.9. The van der Waals surface area contributed by atoms with Gasteiger partial charge in [0.2, 0.25) is 0 Å². The van der Waals surface area contributed by atoms with Gasteiger partial charge in [-0.05, 0) is 106 Å². The molecule has 1 amide bonds. The van der Waals surface area contributed by atoms with Crippen LogP contribution in [0.25, 0.3) is 0 Å². The number of aryl methyl sites for hydroxylation is 1. The number of thioether (sulfide) groups is 1. The van der Waals surface area contributed by atoms with Crippen LogP contribution in [0.2, 0.25) is 5.02 Å². The van der Waals surface area contributed by atoms with E-state index in [2.05, 4.69) is 5.32 Å². The van der Waals surface area contributed by atoms with E-state index in [1.165, 1.54) is 68.3 Å². The highest BCUT2D eigenvalue weighted by Gasteiger charge is 2.34. The molecule has 0 spiro atoms. The van der Waals surface area contributed by atoms with Gasteiger partial charge < -0.3 is 14.8 Å². The minimum Gasteiger partial charge on any atom is -0.467 e. The monoisotopic (exact) mass is 700 g/mol. The Morgan fingerprint density at radius 2 is 1.63 bits per heavy atom. The summed E-state index contributed by atoms with van der Waals surface area (Å²) in [4.78, 5) is 24.2. The molecule has 0 aliphatic heterocycles. The van der Waals surface area contributed by atoms with Crippen molar-refractivity contribution >= 4 is 51.1 Å². The summed E-state index contributed by atoms with van der Waals surface area (Å²) in [7, 11) is -3.27. The summed E-state index contributed by atoms with van der Waals surface area (Å²) >= 11 is 7.29. The van der Waals surface area contributed by atoms with Crippen molar-refractivity contribution in [1.29, 1.82) is 0 Å². The summed E-state index contributed by atoms with van der Waals surface area (Å²) in [6.07, 6.45) is -0.0191. The third-order valence-corrected chi connectivity index (χ3v) is 9.92. The Balaban J connectivity index is 1.84. The molecule has 3 rings (SSSR count). The fourth-order valence-corrected chi connectivity index (χ4v) is 7.30. The molecule has 0 aromatic heterocycles. The number of carbonyl (C=O) groups is 2. The second-order valence-electron chi connectivity index (χ2n) is 11.3. The molecule has 0 fully saturated rings. The van der Waals surface area contributed by atoms with Crippen LogP contribution < -0.4 is 9.62 Å². The quantitative estimate of drug-likeness (QED) is 0.146. The molecule has 0 radical (unpaired) electrons. The lowest BCUT2D eigenvalue weighted by atomic mass is 9.97. The van der Waals surface area contributed by atoms with Crippen LogP contribution in [-0.4, -0.2) is 50.7 Å². The Morgan fingerprint density at radius 1 is 1.00 bits per heavy atom. The molecule has 3 aromatic carbocycles. The first-order chi connectivity index (χ1) is 21.5. The van der Waals surface area contributed by atoms with E-state index in [0.717, 1.165) is 22.5 Å². The zero-order valence-corrected chi connectivity index (χ0v) is 28.4. The summed E-state index contributed by atoms with van der Waals surface area (Å²) in [5.74, 6) is -2.38. The average molecular weight is 701 g/mol. The van der Waals surface area contributed by atoms with Crippen molar-refractivity contribution in [3.63, 3.8) is 0 Å². The summed E-state index contributed by atoms with van der Waals surface area (Å²) in [5, 5.41) is 2.78. The fourth-order valence-electron chi connectivity index (χ4n) is 4.57. The topological polar surface area (TPSA) is 102 Å². The van der Waals surface area contributed by atoms with E-state index in [0.29, 0.717) is 23.3 Å². The summed E-state index contributed by atoms with van der Waals surface area (Å²) < 4.78 is 82.6. The van der Waals surface area contributed by atoms with Crippen LogP contribution in [0.3, 0.4) is 0 Å². The number of nitrogens with zero attached hydrogens (tertiary/aromatic N) is 1. The maximum absolute atomic E-state index is 15.1. The zero-order valence-electron chi connectivity index (χ0n) is 26.0. The number of benzene rings is 3. The van der Waals surface area contributed by atoms with Crippen LogP contribution in [0.1, 0.15) is 51.3 Å². The van der Waals surface area contributed by atoms with E-state index < -0.39 is 62.9 Å². The molecule has 2 atom stereocenters. The largest absolute Gasteiger partial charge is 0.467 e. The predicted octanol–water partition coefficient (Wildman–Crippen LogP) is 7.45. The number of halogens is 4. The van der Waals surface area contributed by atoms with Gasteiger partial charge in [0, 0.05) is 16.8 Å². The molecular weight excluding hydrogens is 665 g/mol. The predicted molar refractivity (Wildman–Crippen MR) is 173 cm³/mol. The van der Waals surface area contributed by atoms with Gasteiger partial charge in [0.25, 0.3) is 10.0 Å². The van der Waals surface area contributed by atoms with Gasteiger partial charge in [-0.1, -0.05) is 17.7 Å². The molecule has 46 heavy (non-hydrogen) atoms. The van der Waals surface area contributed by atoms with Crippen LogP contribution >= 0.6 is 23.4 Å². The third kappa shape index (κ3) is 10.0. The molecular formula is C32H36ClF3N2O6S2. The number of hydrogen-bond donors (Lipinski definition) is 1. The number of amides is 1. The van der Waals surface area contributed by atoms with E-state index in [1.54, 1.807) is 20.8 Å². The van der Waals surface area contributed by atoms with E-state index in [-0.39, 0.29) is 22.1 Å². The molecule has 0 saturated heterocycles. The smallest absolute Gasteiger partial charge is 0.408 e. The van der Waals surface area contributed by atoms with E-state index >= 15 is 4.39 Å². The summed E-state index contributed by atoms with van der Waals surface area (Å²) in [5.41, 5.74) is -0.439. The molecule has 1 N–H and O–H groups in total. The Morgan fingerprint density at radius 3 is 2.26 bits per heavy atom. The maximum atomic E-state index is 15.1. The average Bonchev–Trinajstić information content (AvgIpc) is 2.97. The number of esters is 1. The van der Waals surface area contributed by atoms with Crippen molar-refractivity contribution in [2.45, 2.75) is 63.1 Å². The number of ether oxygens (including phenoxy) is 2. The minimum atomic E-state index is -4.47. The van der Waals surface area contributed by atoms with Crippen molar-refractivity contribution < 1.29 is 40.7 Å². The highest BCUT2D eigenvalue weighted by Crippen LogP contribution is 2.37. The first kappa shape index (κ1) is 37.0. The molecule has 0 bridgehead atoms. The van der Waals surface area contributed by atoms with Gasteiger partial charge in [0.1, 0.15) is 29.1 Å². The number of rotatable bonds is 13. The molecule has 0 aliphatic carbocycles. The van der Waals surface area contributed by atoms with Gasteiger partial charge in [0.15, 0.2) is 0 Å². The van der Waals surface area contributed by atoms with Crippen LogP contribution in [0.4, 0.5) is 23.7 Å². The number of hydrogen-bond acceptors (Lipinski definition) is 7. The van der Waals surface area contributed by atoms with Gasteiger partial charge in [0.05, 0.1) is 23.7 Å². The molecule has 0 heterocycles. The van der Waals surface area contributed by atoms with Gasteiger partial charge >= 0.3 is 12.1 Å². The first-order valence-electron chi connectivity index (χ1n) is 14.2. The molecule has 0 unspecified atom stereocenters. The SMILES string of the molecule is COC(=O)[C@H](CSCCCc1cc(F)ccc1[C@@H](C)N(c1cc(F)ccc1F)S(=O)(=O)c1ccc(Cl)cc1)NC(=O)OC(C)(C)C. The van der Waals surface area contributed by atoms with Crippen molar-refractivity contribution in [1.82, 2.24) is 5.32 Å². The van der Waals surface area contributed by atoms with Gasteiger partial charge in [-0.3, -0.25) is 4.31 Å². The highest BCUT2D eigenvalue weighted by atomic mass is 35.5. The number of nitrogens with one attached hydrogen (secondary N) is 1. The Kier molecular flexibility index (Phi) is 12.8. The lowest BCUT2D eigenvalue weighted by Crippen LogP contribution is -2.45. The number of methoxy groups -OCH3 is 1. The van der Waals surface area contributed by atoms with Gasteiger partial charge in [-0.25, -0.2) is 31.2 Å². The molecule has 0 aliphatic rings. The van der Waals surface area contributed by atoms with Crippen LogP contribution in [0, 0.1) is 17.5 Å². The van der Waals surface area contributed by atoms with Gasteiger partial charge in [-0.2, -0.15) is 11.8 Å². The number of carbonyl (C=O) groups excluding carboxylic acids is 2. The van der Waals surface area contributed by atoms with Gasteiger partial charge in [-0.15, -0.1) is 0 Å². The number of anilines is 1. The Hall–Kier alpha value is -3.42. The van der Waals surface area contributed by atoms with Crippen molar-refractivity contribution in [3.8, 4) is 0 Å². The fraction of sp³-hybridized carbons (Fsp3) is 0.375. The number of alkyl carbamates (subject to hydrolysis) is 1. The van der Waals surface area contributed by atoms with E-state index in [4.69, 9.17) is 21.1 Å². The molecule has 250 valence electrons. The van der Waals surface area contributed by atoms with Crippen molar-refractivity contribution in [2.24, 2.45) is 0 Å². The van der Waals surface area contributed by atoms with Crippen LogP contribution in [0.15, 0.2) is 65.6 Å². The molecule has 3 aromatic rings. The summed E-state index contributed by atoms with van der Waals surface area (Å²) in [6.45, 7) is 6.58. The Labute approximate surface area is 276 Å². The molecule has 0 saturated carbocycles. The first-order valence-corrected chi connectivity index (χ1v) is 17.2. The van der Waals surface area contributed by atoms with Crippen molar-refractivity contribution in [3.05, 3.63) is 94.3 Å². The summed E-state index contributed by atoms with van der Waals surface area (Å²) in [6, 6.07) is 9.56. The lowest BCUT2D eigenvalue weighted by molar-refractivity contribution is -0.142. The third-order valence-electron chi connectivity index (χ3n) is 6.62.